The number of hydrogen-bond donors (Lipinski definition) is 0. The lowest BCUT2D eigenvalue weighted by atomic mass is 9.82. The molecule has 0 saturated heterocycles. The molecular formula is C24H28ClNO2. The fraction of sp³-hybridized carbons (Fsp3) is 0.375. The predicted octanol–water partition coefficient (Wildman–Crippen LogP) is 5.68. The van der Waals surface area contributed by atoms with Gasteiger partial charge in [-0.2, -0.15) is 0 Å². The van der Waals surface area contributed by atoms with Crippen molar-refractivity contribution < 1.29 is 9.53 Å². The molecule has 3 nitrogen and oxygen atoms in total. The highest BCUT2D eigenvalue weighted by Gasteiger charge is 2.24. The van der Waals surface area contributed by atoms with Gasteiger partial charge in [-0.3, -0.25) is 0 Å². The largest absolute Gasteiger partial charge is 0.459 e. The van der Waals surface area contributed by atoms with E-state index >= 15 is 0 Å². The SMILES string of the molecule is CN(C)Cc1ccc(C2CCC(OC(=O)C=Cc3ccc(Cl)cc3)CC2)cc1. The maximum absolute atomic E-state index is 12.1. The minimum absolute atomic E-state index is 0.0200. The van der Waals surface area contributed by atoms with E-state index in [2.05, 4.69) is 43.3 Å². The minimum atomic E-state index is -0.272. The molecule has 0 amide bonds. The maximum atomic E-state index is 12.1. The number of esters is 1. The Kier molecular flexibility index (Phi) is 7.30. The van der Waals surface area contributed by atoms with E-state index in [-0.39, 0.29) is 12.1 Å². The van der Waals surface area contributed by atoms with Gasteiger partial charge >= 0.3 is 5.97 Å². The standard InChI is InChI=1S/C24H28ClNO2/c1-26(2)17-19-3-8-20(9-4-19)21-10-14-23(15-11-21)28-24(27)16-7-18-5-12-22(25)13-6-18/h3-9,12-13,16,21,23H,10-11,14-15,17H2,1-2H3. The molecule has 0 atom stereocenters. The van der Waals surface area contributed by atoms with E-state index in [0.717, 1.165) is 37.8 Å². The van der Waals surface area contributed by atoms with Crippen molar-refractivity contribution in [3.05, 3.63) is 76.3 Å². The molecule has 148 valence electrons. The molecule has 0 spiro atoms. The Morgan fingerprint density at radius 1 is 1.04 bits per heavy atom. The zero-order valence-corrected chi connectivity index (χ0v) is 17.4. The number of rotatable bonds is 6. The maximum Gasteiger partial charge on any atom is 0.331 e. The molecule has 2 aromatic rings. The van der Waals surface area contributed by atoms with Crippen LogP contribution in [0.2, 0.25) is 5.02 Å². The monoisotopic (exact) mass is 397 g/mol. The summed E-state index contributed by atoms with van der Waals surface area (Å²) in [6.07, 6.45) is 7.25. The molecule has 4 heteroatoms. The van der Waals surface area contributed by atoms with Crippen LogP contribution in [0.25, 0.3) is 6.08 Å². The minimum Gasteiger partial charge on any atom is -0.459 e. The van der Waals surface area contributed by atoms with Crippen LogP contribution < -0.4 is 0 Å². The van der Waals surface area contributed by atoms with Crippen LogP contribution >= 0.6 is 11.6 Å². The van der Waals surface area contributed by atoms with E-state index in [4.69, 9.17) is 16.3 Å². The Hall–Kier alpha value is -2.10. The van der Waals surface area contributed by atoms with E-state index in [1.165, 1.54) is 17.2 Å². The first kappa shape index (κ1) is 20.6. The highest BCUT2D eigenvalue weighted by molar-refractivity contribution is 6.30. The van der Waals surface area contributed by atoms with Gasteiger partial charge in [-0.05, 0) is 80.6 Å². The molecule has 0 unspecified atom stereocenters. The number of hydrogen-bond acceptors (Lipinski definition) is 3. The van der Waals surface area contributed by atoms with Crippen molar-refractivity contribution in [2.75, 3.05) is 14.1 Å². The quantitative estimate of drug-likeness (QED) is 0.463. The summed E-state index contributed by atoms with van der Waals surface area (Å²) in [4.78, 5) is 14.3. The average molecular weight is 398 g/mol. The molecular weight excluding hydrogens is 370 g/mol. The first-order valence-electron chi connectivity index (χ1n) is 9.87. The summed E-state index contributed by atoms with van der Waals surface area (Å²) in [5.41, 5.74) is 3.67. The number of halogens is 1. The lowest BCUT2D eigenvalue weighted by Crippen LogP contribution is -2.23. The molecule has 1 aliphatic carbocycles. The van der Waals surface area contributed by atoms with Crippen molar-refractivity contribution >= 4 is 23.6 Å². The molecule has 1 aliphatic rings. The van der Waals surface area contributed by atoms with Gasteiger partial charge in [0.25, 0.3) is 0 Å². The van der Waals surface area contributed by atoms with Gasteiger partial charge in [0.2, 0.25) is 0 Å². The molecule has 1 saturated carbocycles. The highest BCUT2D eigenvalue weighted by Crippen LogP contribution is 2.34. The van der Waals surface area contributed by atoms with Crippen LogP contribution in [0.5, 0.6) is 0 Å². The van der Waals surface area contributed by atoms with Crippen LogP contribution in [-0.4, -0.2) is 31.1 Å². The molecule has 1 fully saturated rings. The van der Waals surface area contributed by atoms with Gasteiger partial charge in [0.1, 0.15) is 6.10 Å². The Morgan fingerprint density at radius 3 is 2.29 bits per heavy atom. The third-order valence-corrected chi connectivity index (χ3v) is 5.44. The fourth-order valence-electron chi connectivity index (χ4n) is 3.72. The summed E-state index contributed by atoms with van der Waals surface area (Å²) < 4.78 is 5.63. The van der Waals surface area contributed by atoms with Gasteiger partial charge < -0.3 is 9.64 Å². The summed E-state index contributed by atoms with van der Waals surface area (Å²) in [6.45, 7) is 0.965. The van der Waals surface area contributed by atoms with Crippen molar-refractivity contribution in [3.63, 3.8) is 0 Å². The summed E-state index contributed by atoms with van der Waals surface area (Å²) in [5, 5.41) is 0.684. The third-order valence-electron chi connectivity index (χ3n) is 5.19. The van der Waals surface area contributed by atoms with E-state index in [1.807, 2.05) is 12.1 Å². The van der Waals surface area contributed by atoms with Gasteiger partial charge in [0.15, 0.2) is 0 Å². The van der Waals surface area contributed by atoms with E-state index in [0.29, 0.717) is 10.9 Å². The van der Waals surface area contributed by atoms with Crippen LogP contribution in [0.15, 0.2) is 54.6 Å². The Bertz CT molecular complexity index is 788. The Balaban J connectivity index is 1.45. The smallest absolute Gasteiger partial charge is 0.331 e. The molecule has 0 aliphatic heterocycles. The Labute approximate surface area is 173 Å². The first-order chi connectivity index (χ1) is 13.5. The number of carbonyl (C=O) groups excluding carboxylic acids is 1. The van der Waals surface area contributed by atoms with Crippen molar-refractivity contribution in [1.29, 1.82) is 0 Å². The zero-order chi connectivity index (χ0) is 19.9. The molecule has 28 heavy (non-hydrogen) atoms. The molecule has 0 aromatic heterocycles. The molecule has 2 aromatic carbocycles. The summed E-state index contributed by atoms with van der Waals surface area (Å²) in [7, 11) is 4.17. The van der Waals surface area contributed by atoms with E-state index in [9.17, 15) is 4.79 Å². The summed E-state index contributed by atoms with van der Waals surface area (Å²) in [6, 6.07) is 16.3. The second-order valence-electron chi connectivity index (χ2n) is 7.77. The third kappa shape index (κ3) is 6.22. The van der Waals surface area contributed by atoms with Crippen molar-refractivity contribution in [1.82, 2.24) is 4.90 Å². The van der Waals surface area contributed by atoms with Crippen LogP contribution in [-0.2, 0) is 16.1 Å². The Morgan fingerprint density at radius 2 is 1.68 bits per heavy atom. The van der Waals surface area contributed by atoms with Gasteiger partial charge in [-0.15, -0.1) is 0 Å². The zero-order valence-electron chi connectivity index (χ0n) is 16.6. The van der Waals surface area contributed by atoms with Gasteiger partial charge in [0.05, 0.1) is 0 Å². The van der Waals surface area contributed by atoms with Crippen molar-refractivity contribution in [2.24, 2.45) is 0 Å². The average Bonchev–Trinajstić information content (AvgIpc) is 2.68. The molecule has 0 bridgehead atoms. The molecule has 0 radical (unpaired) electrons. The van der Waals surface area contributed by atoms with Gasteiger partial charge in [0, 0.05) is 17.6 Å². The fourth-order valence-corrected chi connectivity index (χ4v) is 3.84. The highest BCUT2D eigenvalue weighted by atomic mass is 35.5. The summed E-state index contributed by atoms with van der Waals surface area (Å²) in [5.74, 6) is 0.291. The topological polar surface area (TPSA) is 29.5 Å². The molecule has 3 rings (SSSR count). The number of carbonyl (C=O) groups is 1. The van der Waals surface area contributed by atoms with Crippen molar-refractivity contribution in [3.8, 4) is 0 Å². The lowest BCUT2D eigenvalue weighted by molar-refractivity contribution is -0.144. The van der Waals surface area contributed by atoms with E-state index < -0.39 is 0 Å². The van der Waals surface area contributed by atoms with Crippen LogP contribution in [0, 0.1) is 0 Å². The second-order valence-corrected chi connectivity index (χ2v) is 8.21. The van der Waals surface area contributed by atoms with Gasteiger partial charge in [-0.1, -0.05) is 48.0 Å². The predicted molar refractivity (Wildman–Crippen MR) is 115 cm³/mol. The number of nitrogens with zero attached hydrogens (tertiary/aromatic N) is 1. The molecule has 0 N–H and O–H groups in total. The second kappa shape index (κ2) is 9.90. The van der Waals surface area contributed by atoms with Crippen LogP contribution in [0.3, 0.4) is 0 Å². The number of ether oxygens (including phenoxy) is 1. The normalized spacial score (nSPS) is 19.9. The molecule has 0 heterocycles. The van der Waals surface area contributed by atoms with Crippen molar-refractivity contribution in [2.45, 2.75) is 44.2 Å². The first-order valence-corrected chi connectivity index (χ1v) is 10.3. The van der Waals surface area contributed by atoms with E-state index in [1.54, 1.807) is 18.2 Å². The summed E-state index contributed by atoms with van der Waals surface area (Å²) >= 11 is 5.87. The van der Waals surface area contributed by atoms with Crippen LogP contribution in [0.4, 0.5) is 0 Å². The number of benzene rings is 2. The van der Waals surface area contributed by atoms with Gasteiger partial charge in [-0.25, -0.2) is 4.79 Å². The van der Waals surface area contributed by atoms with Crippen LogP contribution in [0.1, 0.15) is 48.3 Å². The lowest BCUT2D eigenvalue weighted by Gasteiger charge is -2.28.